The second kappa shape index (κ2) is 7.07. The van der Waals surface area contributed by atoms with Crippen LogP contribution in [0.25, 0.3) is 0 Å². The molecule has 0 rings (SSSR count). The minimum atomic E-state index is 0.113. The van der Waals surface area contributed by atoms with Crippen molar-refractivity contribution in [3.63, 3.8) is 0 Å². The van der Waals surface area contributed by atoms with Gasteiger partial charge in [0.2, 0.25) is 0 Å². The molecule has 0 saturated heterocycles. The lowest BCUT2D eigenvalue weighted by Crippen LogP contribution is -2.18. The average molecular weight is 186 g/mol. The van der Waals surface area contributed by atoms with Crippen LogP contribution in [0.3, 0.4) is 0 Å². The SMILES string of the molecule is CCOCC(CCC(C)C)C(C)=O. The van der Waals surface area contributed by atoms with Gasteiger partial charge < -0.3 is 4.74 Å². The van der Waals surface area contributed by atoms with Gasteiger partial charge in [0, 0.05) is 12.5 Å². The van der Waals surface area contributed by atoms with E-state index in [9.17, 15) is 4.79 Å². The zero-order valence-electron chi connectivity index (χ0n) is 9.30. The van der Waals surface area contributed by atoms with Crippen molar-refractivity contribution in [1.82, 2.24) is 0 Å². The maximum Gasteiger partial charge on any atom is 0.135 e. The number of ether oxygens (including phenoxy) is 1. The summed E-state index contributed by atoms with van der Waals surface area (Å²) in [4.78, 5) is 11.2. The summed E-state index contributed by atoms with van der Waals surface area (Å²) in [6, 6.07) is 0. The number of carbonyl (C=O) groups is 1. The molecule has 0 amide bonds. The van der Waals surface area contributed by atoms with Crippen molar-refractivity contribution in [2.24, 2.45) is 11.8 Å². The van der Waals surface area contributed by atoms with Gasteiger partial charge in [0.05, 0.1) is 6.61 Å². The van der Waals surface area contributed by atoms with E-state index in [-0.39, 0.29) is 11.7 Å². The van der Waals surface area contributed by atoms with E-state index < -0.39 is 0 Å². The van der Waals surface area contributed by atoms with Crippen molar-refractivity contribution in [2.45, 2.75) is 40.5 Å². The molecule has 0 radical (unpaired) electrons. The molecule has 0 fully saturated rings. The average Bonchev–Trinajstić information content (AvgIpc) is 2.03. The van der Waals surface area contributed by atoms with Gasteiger partial charge in [0.25, 0.3) is 0 Å². The molecule has 0 aromatic carbocycles. The molecule has 2 heteroatoms. The fourth-order valence-corrected chi connectivity index (χ4v) is 1.20. The molecule has 0 aliphatic heterocycles. The fourth-order valence-electron chi connectivity index (χ4n) is 1.20. The molecule has 0 aliphatic rings. The minimum absolute atomic E-state index is 0.113. The van der Waals surface area contributed by atoms with Gasteiger partial charge in [-0.25, -0.2) is 0 Å². The van der Waals surface area contributed by atoms with Crippen LogP contribution in [-0.4, -0.2) is 19.0 Å². The minimum Gasteiger partial charge on any atom is -0.381 e. The highest BCUT2D eigenvalue weighted by Crippen LogP contribution is 2.13. The monoisotopic (exact) mass is 186 g/mol. The largest absolute Gasteiger partial charge is 0.381 e. The first-order valence-corrected chi connectivity index (χ1v) is 5.16. The van der Waals surface area contributed by atoms with Crippen LogP contribution in [0.1, 0.15) is 40.5 Å². The van der Waals surface area contributed by atoms with Crippen LogP contribution in [0.2, 0.25) is 0 Å². The van der Waals surface area contributed by atoms with Crippen LogP contribution < -0.4 is 0 Å². The van der Waals surface area contributed by atoms with Gasteiger partial charge in [-0.15, -0.1) is 0 Å². The van der Waals surface area contributed by atoms with Crippen molar-refractivity contribution in [2.75, 3.05) is 13.2 Å². The molecule has 0 N–H and O–H groups in total. The smallest absolute Gasteiger partial charge is 0.135 e. The van der Waals surface area contributed by atoms with Gasteiger partial charge in [0.15, 0.2) is 0 Å². The van der Waals surface area contributed by atoms with E-state index >= 15 is 0 Å². The number of Topliss-reactive ketones (excluding diaryl/α,β-unsaturated/α-hetero) is 1. The third-order valence-electron chi connectivity index (χ3n) is 2.19. The fraction of sp³-hybridized carbons (Fsp3) is 0.909. The van der Waals surface area contributed by atoms with Crippen LogP contribution in [0.15, 0.2) is 0 Å². The Morgan fingerprint density at radius 2 is 1.92 bits per heavy atom. The second-order valence-corrected chi connectivity index (χ2v) is 3.94. The van der Waals surface area contributed by atoms with E-state index in [0.29, 0.717) is 19.1 Å². The van der Waals surface area contributed by atoms with Gasteiger partial charge in [0.1, 0.15) is 5.78 Å². The van der Waals surface area contributed by atoms with Gasteiger partial charge in [-0.05, 0) is 26.2 Å². The van der Waals surface area contributed by atoms with Crippen LogP contribution in [0, 0.1) is 11.8 Å². The topological polar surface area (TPSA) is 26.3 Å². The van der Waals surface area contributed by atoms with Gasteiger partial charge in [-0.3, -0.25) is 4.79 Å². The molecule has 13 heavy (non-hydrogen) atoms. The van der Waals surface area contributed by atoms with Gasteiger partial charge in [-0.1, -0.05) is 20.3 Å². The van der Waals surface area contributed by atoms with Crippen molar-refractivity contribution >= 4 is 5.78 Å². The Labute approximate surface area is 81.7 Å². The molecule has 0 saturated carbocycles. The molecule has 2 nitrogen and oxygen atoms in total. The van der Waals surface area contributed by atoms with Crippen LogP contribution in [0.4, 0.5) is 0 Å². The lowest BCUT2D eigenvalue weighted by molar-refractivity contribution is -0.122. The van der Waals surface area contributed by atoms with E-state index in [1.54, 1.807) is 6.92 Å². The highest BCUT2D eigenvalue weighted by molar-refractivity contribution is 5.78. The summed E-state index contributed by atoms with van der Waals surface area (Å²) in [6.07, 6.45) is 2.07. The lowest BCUT2D eigenvalue weighted by Gasteiger charge is -2.14. The number of carbonyl (C=O) groups excluding carboxylic acids is 1. The molecule has 1 atom stereocenters. The zero-order valence-corrected chi connectivity index (χ0v) is 9.30. The Morgan fingerprint density at radius 1 is 1.31 bits per heavy atom. The lowest BCUT2D eigenvalue weighted by atomic mass is 9.96. The Balaban J connectivity index is 3.74. The third-order valence-corrected chi connectivity index (χ3v) is 2.19. The van der Waals surface area contributed by atoms with E-state index in [2.05, 4.69) is 13.8 Å². The molecule has 0 aliphatic carbocycles. The predicted octanol–water partition coefficient (Wildman–Crippen LogP) is 2.66. The number of rotatable bonds is 7. The van der Waals surface area contributed by atoms with E-state index in [1.807, 2.05) is 6.92 Å². The summed E-state index contributed by atoms with van der Waals surface area (Å²) < 4.78 is 5.27. The molecule has 78 valence electrons. The Kier molecular flexibility index (Phi) is 6.87. The first-order chi connectivity index (χ1) is 6.07. The Hall–Kier alpha value is -0.370. The highest BCUT2D eigenvalue weighted by Gasteiger charge is 2.14. The maximum atomic E-state index is 11.2. The summed E-state index contributed by atoms with van der Waals surface area (Å²) in [5.74, 6) is 1.04. The molecule has 0 aromatic rings. The Morgan fingerprint density at radius 3 is 2.31 bits per heavy atom. The summed E-state index contributed by atoms with van der Waals surface area (Å²) in [5, 5.41) is 0. The predicted molar refractivity (Wildman–Crippen MR) is 54.7 cm³/mol. The first-order valence-electron chi connectivity index (χ1n) is 5.16. The van der Waals surface area contributed by atoms with Gasteiger partial charge in [-0.2, -0.15) is 0 Å². The summed E-state index contributed by atoms with van der Waals surface area (Å²) >= 11 is 0. The molecule has 0 bridgehead atoms. The van der Waals surface area contributed by atoms with E-state index in [1.165, 1.54) is 0 Å². The molecule has 1 unspecified atom stereocenters. The van der Waals surface area contributed by atoms with Crippen LogP contribution >= 0.6 is 0 Å². The summed E-state index contributed by atoms with van der Waals surface area (Å²) in [5.41, 5.74) is 0. The molecule has 0 aromatic heterocycles. The normalized spacial score (nSPS) is 13.3. The maximum absolute atomic E-state index is 11.2. The van der Waals surface area contributed by atoms with Crippen LogP contribution in [-0.2, 0) is 9.53 Å². The quantitative estimate of drug-likeness (QED) is 0.611. The van der Waals surface area contributed by atoms with Crippen molar-refractivity contribution < 1.29 is 9.53 Å². The third kappa shape index (κ3) is 6.76. The van der Waals surface area contributed by atoms with E-state index in [0.717, 1.165) is 12.8 Å². The van der Waals surface area contributed by atoms with Crippen molar-refractivity contribution in [1.29, 1.82) is 0 Å². The highest BCUT2D eigenvalue weighted by atomic mass is 16.5. The molecular weight excluding hydrogens is 164 g/mol. The second-order valence-electron chi connectivity index (χ2n) is 3.94. The molecular formula is C11H22O2. The number of hydrogen-bond acceptors (Lipinski definition) is 2. The van der Waals surface area contributed by atoms with Crippen LogP contribution in [0.5, 0.6) is 0 Å². The standard InChI is InChI=1S/C11H22O2/c1-5-13-8-11(10(4)12)7-6-9(2)3/h9,11H,5-8H2,1-4H3. The Bertz CT molecular complexity index is 141. The van der Waals surface area contributed by atoms with Gasteiger partial charge >= 0.3 is 0 Å². The number of hydrogen-bond donors (Lipinski definition) is 0. The molecule has 0 heterocycles. The first kappa shape index (κ1) is 12.6. The zero-order chi connectivity index (χ0) is 10.3. The van der Waals surface area contributed by atoms with Crippen molar-refractivity contribution in [3.8, 4) is 0 Å². The van der Waals surface area contributed by atoms with Crippen molar-refractivity contribution in [3.05, 3.63) is 0 Å². The summed E-state index contributed by atoms with van der Waals surface area (Å²) in [6.45, 7) is 9.27. The molecule has 0 spiro atoms. The summed E-state index contributed by atoms with van der Waals surface area (Å²) in [7, 11) is 0. The van der Waals surface area contributed by atoms with E-state index in [4.69, 9.17) is 4.74 Å². The number of ketones is 1.